The Balaban J connectivity index is 0.000000160. The van der Waals surface area contributed by atoms with Gasteiger partial charge in [-0.25, -0.2) is 9.97 Å². The van der Waals surface area contributed by atoms with Crippen molar-refractivity contribution in [3.05, 3.63) is 43.0 Å². The lowest BCUT2D eigenvalue weighted by molar-refractivity contribution is 1.06. The Bertz CT molecular complexity index is 341. The molecule has 84 valence electrons. The Hall–Kier alpha value is -1.07. The van der Waals surface area contributed by atoms with Crippen molar-refractivity contribution in [2.24, 2.45) is 0 Å². The summed E-state index contributed by atoms with van der Waals surface area (Å²) in [6.07, 6.45) is 10.9. The Morgan fingerprint density at radius 2 is 1.62 bits per heavy atom. The van der Waals surface area contributed by atoms with Crippen LogP contribution in [0.1, 0.15) is 0 Å². The van der Waals surface area contributed by atoms with E-state index in [1.54, 1.807) is 48.3 Å². The highest BCUT2D eigenvalue weighted by atomic mass is 32.2. The molecule has 0 amide bonds. The number of aromatic nitrogens is 3. The first-order chi connectivity index (χ1) is 7.86. The summed E-state index contributed by atoms with van der Waals surface area (Å²) in [5.74, 6) is 0. The van der Waals surface area contributed by atoms with Crippen molar-refractivity contribution in [2.75, 3.05) is 12.5 Å². The van der Waals surface area contributed by atoms with E-state index < -0.39 is 0 Å². The molecule has 2 aromatic heterocycles. The van der Waals surface area contributed by atoms with E-state index >= 15 is 0 Å². The molecule has 5 heteroatoms. The van der Waals surface area contributed by atoms with E-state index in [2.05, 4.69) is 15.0 Å². The van der Waals surface area contributed by atoms with E-state index in [0.29, 0.717) is 0 Å². The van der Waals surface area contributed by atoms with Crippen molar-refractivity contribution in [3.63, 3.8) is 0 Å². The van der Waals surface area contributed by atoms with Gasteiger partial charge in [0, 0.05) is 18.6 Å². The fraction of sp³-hybridized carbons (Fsp3) is 0.182. The summed E-state index contributed by atoms with van der Waals surface area (Å²) in [4.78, 5) is 11.9. The minimum absolute atomic E-state index is 0.965. The number of pyridine rings is 1. The zero-order valence-electron chi connectivity index (χ0n) is 9.20. The minimum Gasteiger partial charge on any atom is -0.260 e. The Morgan fingerprint density at radius 3 is 2.00 bits per heavy atom. The molecule has 2 aromatic rings. The van der Waals surface area contributed by atoms with Crippen LogP contribution in [0.15, 0.2) is 53.0 Å². The molecule has 0 unspecified atom stereocenters. The van der Waals surface area contributed by atoms with Gasteiger partial charge in [0.1, 0.15) is 5.03 Å². The molecule has 0 N–H and O–H groups in total. The predicted molar refractivity (Wildman–Crippen MR) is 69.8 cm³/mol. The highest BCUT2D eigenvalue weighted by molar-refractivity contribution is 7.98. The standard InChI is InChI=1S/C6H7NS.C5H6N2S/c1-8-6-4-2-3-5-7-6;1-8-5-4-6-2-3-7-5/h2-5H,1H3;2-4H,1H3. The molecule has 2 rings (SSSR count). The van der Waals surface area contributed by atoms with Gasteiger partial charge >= 0.3 is 0 Å². The zero-order valence-corrected chi connectivity index (χ0v) is 10.8. The van der Waals surface area contributed by atoms with Crippen LogP contribution in [0.4, 0.5) is 0 Å². The van der Waals surface area contributed by atoms with E-state index in [1.165, 1.54) is 0 Å². The average molecular weight is 251 g/mol. The van der Waals surface area contributed by atoms with E-state index in [4.69, 9.17) is 0 Å². The molecule has 0 radical (unpaired) electrons. The molecule has 3 nitrogen and oxygen atoms in total. The SMILES string of the molecule is CSc1ccccn1.CSc1cnccn1. The molecule has 0 aromatic carbocycles. The second kappa shape index (κ2) is 8.13. The second-order valence-corrected chi connectivity index (χ2v) is 4.27. The van der Waals surface area contributed by atoms with Crippen LogP contribution in [0.25, 0.3) is 0 Å². The average Bonchev–Trinajstić information content (AvgIpc) is 2.41. The highest BCUT2D eigenvalue weighted by Crippen LogP contribution is 2.07. The molecule has 0 bridgehead atoms. The molecule has 0 saturated carbocycles. The smallest absolute Gasteiger partial charge is 0.114 e. The third kappa shape index (κ3) is 5.14. The lowest BCUT2D eigenvalue weighted by atomic mass is 10.5. The van der Waals surface area contributed by atoms with Crippen LogP contribution < -0.4 is 0 Å². The number of hydrogen-bond donors (Lipinski definition) is 0. The monoisotopic (exact) mass is 251 g/mol. The summed E-state index contributed by atoms with van der Waals surface area (Å²) in [6.45, 7) is 0. The maximum Gasteiger partial charge on any atom is 0.114 e. The van der Waals surface area contributed by atoms with E-state index in [-0.39, 0.29) is 0 Å². The summed E-state index contributed by atoms with van der Waals surface area (Å²) in [6, 6.07) is 5.89. The van der Waals surface area contributed by atoms with Crippen LogP contribution in [0.2, 0.25) is 0 Å². The Labute approximate surface area is 104 Å². The van der Waals surface area contributed by atoms with Gasteiger partial charge in [0.05, 0.1) is 11.2 Å². The van der Waals surface area contributed by atoms with Crippen molar-refractivity contribution < 1.29 is 0 Å². The largest absolute Gasteiger partial charge is 0.260 e. The topological polar surface area (TPSA) is 38.7 Å². The molecule has 0 saturated heterocycles. The molecule has 16 heavy (non-hydrogen) atoms. The van der Waals surface area contributed by atoms with Crippen molar-refractivity contribution in [2.45, 2.75) is 10.1 Å². The van der Waals surface area contributed by atoms with Gasteiger partial charge in [-0.05, 0) is 24.6 Å². The van der Waals surface area contributed by atoms with Crippen LogP contribution in [-0.4, -0.2) is 27.5 Å². The van der Waals surface area contributed by atoms with E-state index in [0.717, 1.165) is 10.1 Å². The fourth-order valence-electron chi connectivity index (χ4n) is 0.859. The van der Waals surface area contributed by atoms with Gasteiger partial charge in [0.2, 0.25) is 0 Å². The lowest BCUT2D eigenvalue weighted by Crippen LogP contribution is -1.76. The van der Waals surface area contributed by atoms with E-state index in [1.807, 2.05) is 30.7 Å². The number of thioether (sulfide) groups is 2. The summed E-state index contributed by atoms with van der Waals surface area (Å²) < 4.78 is 0. The first-order valence-electron chi connectivity index (χ1n) is 4.62. The number of nitrogens with zero attached hydrogens (tertiary/aromatic N) is 3. The van der Waals surface area contributed by atoms with Crippen molar-refractivity contribution in [1.29, 1.82) is 0 Å². The van der Waals surface area contributed by atoms with Gasteiger partial charge in [-0.15, -0.1) is 23.5 Å². The molecule has 0 atom stereocenters. The van der Waals surface area contributed by atoms with Gasteiger partial charge in [-0.1, -0.05) is 6.07 Å². The maximum atomic E-state index is 4.06. The molecule has 2 heterocycles. The number of rotatable bonds is 2. The fourth-order valence-corrected chi connectivity index (χ4v) is 1.57. The first kappa shape index (κ1) is 13.0. The van der Waals surface area contributed by atoms with Gasteiger partial charge in [-0.3, -0.25) is 4.98 Å². The summed E-state index contributed by atoms with van der Waals surface area (Å²) in [5, 5.41) is 2.04. The molecule has 0 aliphatic rings. The van der Waals surface area contributed by atoms with Crippen molar-refractivity contribution in [1.82, 2.24) is 15.0 Å². The molecular weight excluding hydrogens is 238 g/mol. The predicted octanol–water partition coefficient (Wildman–Crippen LogP) is 3.00. The van der Waals surface area contributed by atoms with Crippen molar-refractivity contribution >= 4 is 23.5 Å². The number of hydrogen-bond acceptors (Lipinski definition) is 5. The minimum atomic E-state index is 0.965. The molecule has 0 aliphatic carbocycles. The normalized spacial score (nSPS) is 9.12. The lowest BCUT2D eigenvalue weighted by Gasteiger charge is -1.88. The zero-order chi connectivity index (χ0) is 11.6. The first-order valence-corrected chi connectivity index (χ1v) is 7.06. The van der Waals surface area contributed by atoms with Crippen LogP contribution >= 0.6 is 23.5 Å². The summed E-state index contributed by atoms with van der Waals surface area (Å²) in [7, 11) is 0. The van der Waals surface area contributed by atoms with Gasteiger partial charge in [0.15, 0.2) is 0 Å². The van der Waals surface area contributed by atoms with Crippen LogP contribution in [0, 0.1) is 0 Å². The second-order valence-electron chi connectivity index (χ2n) is 2.62. The third-order valence-corrected chi connectivity index (χ3v) is 2.88. The van der Waals surface area contributed by atoms with Gasteiger partial charge < -0.3 is 0 Å². The van der Waals surface area contributed by atoms with Gasteiger partial charge in [-0.2, -0.15) is 0 Å². The van der Waals surface area contributed by atoms with Crippen LogP contribution in [0.5, 0.6) is 0 Å². The van der Waals surface area contributed by atoms with Crippen molar-refractivity contribution in [3.8, 4) is 0 Å². The quantitative estimate of drug-likeness (QED) is 0.767. The summed E-state index contributed by atoms with van der Waals surface area (Å²) in [5.41, 5.74) is 0. The third-order valence-electron chi connectivity index (χ3n) is 1.60. The van der Waals surface area contributed by atoms with Crippen LogP contribution in [-0.2, 0) is 0 Å². The molecule has 0 aliphatic heterocycles. The summed E-state index contributed by atoms with van der Waals surface area (Å²) >= 11 is 3.25. The highest BCUT2D eigenvalue weighted by Gasteiger charge is 1.83. The van der Waals surface area contributed by atoms with Gasteiger partial charge in [0.25, 0.3) is 0 Å². The Morgan fingerprint density at radius 1 is 0.875 bits per heavy atom. The van der Waals surface area contributed by atoms with Crippen LogP contribution in [0.3, 0.4) is 0 Å². The molecule has 0 fully saturated rings. The molecule has 0 spiro atoms. The van der Waals surface area contributed by atoms with E-state index in [9.17, 15) is 0 Å². The maximum absolute atomic E-state index is 4.06. The molecular formula is C11H13N3S2. The Kier molecular flexibility index (Phi) is 6.60.